The monoisotopic (exact) mass is 276 g/mol. The van der Waals surface area contributed by atoms with E-state index in [2.05, 4.69) is 15.3 Å². The Bertz CT molecular complexity index is 539. The lowest BCUT2D eigenvalue weighted by Gasteiger charge is -2.05. The van der Waals surface area contributed by atoms with Crippen LogP contribution >= 0.6 is 11.3 Å². The molecule has 0 radical (unpaired) electrons. The Morgan fingerprint density at radius 3 is 3.00 bits per heavy atom. The molecule has 0 saturated carbocycles. The molecule has 0 saturated heterocycles. The van der Waals surface area contributed by atoms with Gasteiger partial charge in [0.25, 0.3) is 5.91 Å². The molecule has 2 heterocycles. The van der Waals surface area contributed by atoms with Crippen molar-refractivity contribution in [2.75, 3.05) is 6.54 Å². The van der Waals surface area contributed by atoms with Crippen molar-refractivity contribution in [3.63, 3.8) is 0 Å². The molecule has 0 aliphatic carbocycles. The molecule has 0 aliphatic heterocycles. The summed E-state index contributed by atoms with van der Waals surface area (Å²) in [5.41, 5.74) is 6.41. The van der Waals surface area contributed by atoms with Crippen LogP contribution in [0.2, 0.25) is 0 Å². The van der Waals surface area contributed by atoms with Gasteiger partial charge in [-0.15, -0.1) is 11.3 Å². The van der Waals surface area contributed by atoms with E-state index in [1.807, 2.05) is 25.1 Å². The molecule has 0 aromatic carbocycles. The first-order valence-corrected chi connectivity index (χ1v) is 6.89. The van der Waals surface area contributed by atoms with E-state index < -0.39 is 0 Å². The largest absolute Gasteiger partial charge is 0.351 e. The Labute approximate surface area is 115 Å². The van der Waals surface area contributed by atoms with Gasteiger partial charge in [-0.2, -0.15) is 0 Å². The Balaban J connectivity index is 1.99. The van der Waals surface area contributed by atoms with Gasteiger partial charge >= 0.3 is 0 Å². The number of aromatic nitrogens is 2. The van der Waals surface area contributed by atoms with Crippen molar-refractivity contribution in [1.82, 2.24) is 15.3 Å². The van der Waals surface area contributed by atoms with Gasteiger partial charge in [0.15, 0.2) is 0 Å². The molecule has 2 rings (SSSR count). The Kier molecular flexibility index (Phi) is 4.59. The molecule has 2 aromatic heterocycles. The number of pyridine rings is 1. The quantitative estimate of drug-likeness (QED) is 0.870. The minimum atomic E-state index is -0.111. The van der Waals surface area contributed by atoms with Crippen LogP contribution in [0.3, 0.4) is 0 Å². The summed E-state index contributed by atoms with van der Waals surface area (Å²) in [7, 11) is 0. The number of hydrogen-bond donors (Lipinski definition) is 2. The minimum absolute atomic E-state index is 0.0887. The standard InChI is InChI=1S/C13H16N4OS/c1-9(14)5-7-16-12(18)11-8-17-13(19-11)10-4-2-3-6-15-10/h2-4,6,8-9H,5,7,14H2,1H3,(H,16,18). The number of nitrogens with two attached hydrogens (primary N) is 1. The predicted molar refractivity (Wildman–Crippen MR) is 75.9 cm³/mol. The fraction of sp³-hybridized carbons (Fsp3) is 0.308. The Hall–Kier alpha value is -1.79. The third kappa shape index (κ3) is 3.84. The number of amides is 1. The first-order chi connectivity index (χ1) is 9.16. The molecule has 1 amide bonds. The highest BCUT2D eigenvalue weighted by molar-refractivity contribution is 7.16. The van der Waals surface area contributed by atoms with Gasteiger partial charge < -0.3 is 11.1 Å². The molecule has 3 N–H and O–H groups in total. The molecule has 5 nitrogen and oxygen atoms in total. The first-order valence-electron chi connectivity index (χ1n) is 6.08. The van der Waals surface area contributed by atoms with E-state index in [4.69, 9.17) is 5.73 Å². The van der Waals surface area contributed by atoms with Crippen molar-refractivity contribution in [3.05, 3.63) is 35.5 Å². The fourth-order valence-electron chi connectivity index (χ4n) is 1.49. The van der Waals surface area contributed by atoms with Crippen molar-refractivity contribution < 1.29 is 4.79 Å². The Morgan fingerprint density at radius 2 is 2.32 bits per heavy atom. The zero-order chi connectivity index (χ0) is 13.7. The normalized spacial score (nSPS) is 12.1. The van der Waals surface area contributed by atoms with Crippen LogP contribution in [-0.4, -0.2) is 28.5 Å². The molecule has 1 atom stereocenters. The molecular formula is C13H16N4OS. The van der Waals surface area contributed by atoms with Gasteiger partial charge in [-0.25, -0.2) is 4.98 Å². The molecule has 0 bridgehead atoms. The summed E-state index contributed by atoms with van der Waals surface area (Å²) in [5.74, 6) is -0.111. The maximum atomic E-state index is 11.9. The number of nitrogens with zero attached hydrogens (tertiary/aromatic N) is 2. The maximum absolute atomic E-state index is 11.9. The molecular weight excluding hydrogens is 260 g/mol. The third-order valence-corrected chi connectivity index (χ3v) is 3.52. The van der Waals surface area contributed by atoms with Crippen molar-refractivity contribution in [2.24, 2.45) is 5.73 Å². The summed E-state index contributed by atoms with van der Waals surface area (Å²) >= 11 is 1.34. The second-order valence-electron chi connectivity index (χ2n) is 4.27. The van der Waals surface area contributed by atoms with Gasteiger partial charge in [0, 0.05) is 18.8 Å². The number of carbonyl (C=O) groups excluding carboxylic acids is 1. The average molecular weight is 276 g/mol. The average Bonchev–Trinajstić information content (AvgIpc) is 2.89. The van der Waals surface area contributed by atoms with E-state index in [9.17, 15) is 4.79 Å². The van der Waals surface area contributed by atoms with Crippen LogP contribution in [0.25, 0.3) is 10.7 Å². The highest BCUT2D eigenvalue weighted by Crippen LogP contribution is 2.22. The lowest BCUT2D eigenvalue weighted by atomic mass is 10.2. The smallest absolute Gasteiger partial charge is 0.263 e. The number of rotatable bonds is 5. The summed E-state index contributed by atoms with van der Waals surface area (Å²) in [5, 5.41) is 3.57. The maximum Gasteiger partial charge on any atom is 0.263 e. The molecule has 1 unspecified atom stereocenters. The predicted octanol–water partition coefficient (Wildman–Crippen LogP) is 1.67. The van der Waals surface area contributed by atoms with Crippen molar-refractivity contribution in [3.8, 4) is 10.7 Å². The van der Waals surface area contributed by atoms with Gasteiger partial charge in [0.1, 0.15) is 9.88 Å². The van der Waals surface area contributed by atoms with E-state index in [1.54, 1.807) is 12.4 Å². The molecule has 0 spiro atoms. The van der Waals surface area contributed by atoms with Gasteiger partial charge in [-0.3, -0.25) is 9.78 Å². The van der Waals surface area contributed by atoms with E-state index in [0.29, 0.717) is 11.4 Å². The second kappa shape index (κ2) is 6.40. The van der Waals surface area contributed by atoms with Gasteiger partial charge in [0.2, 0.25) is 0 Å². The molecule has 0 fully saturated rings. The fourth-order valence-corrected chi connectivity index (χ4v) is 2.30. The van der Waals surface area contributed by atoms with E-state index in [1.165, 1.54) is 11.3 Å². The van der Waals surface area contributed by atoms with Gasteiger partial charge in [0.05, 0.1) is 11.9 Å². The summed E-state index contributed by atoms with van der Waals surface area (Å²) in [6.07, 6.45) is 4.05. The molecule has 6 heteroatoms. The lowest BCUT2D eigenvalue weighted by molar-refractivity contribution is 0.0956. The summed E-state index contributed by atoms with van der Waals surface area (Å²) in [6.45, 7) is 2.49. The zero-order valence-electron chi connectivity index (χ0n) is 10.7. The summed E-state index contributed by atoms with van der Waals surface area (Å²) in [6, 6.07) is 5.70. The number of thiazole rings is 1. The Morgan fingerprint density at radius 1 is 1.47 bits per heavy atom. The van der Waals surface area contributed by atoms with Crippen LogP contribution in [0.15, 0.2) is 30.6 Å². The molecule has 19 heavy (non-hydrogen) atoms. The topological polar surface area (TPSA) is 80.9 Å². The summed E-state index contributed by atoms with van der Waals surface area (Å²) in [4.78, 5) is 20.9. The molecule has 2 aromatic rings. The van der Waals surface area contributed by atoms with Crippen LogP contribution in [0.1, 0.15) is 23.0 Å². The number of nitrogens with one attached hydrogen (secondary N) is 1. The second-order valence-corrected chi connectivity index (χ2v) is 5.30. The molecule has 0 aliphatic rings. The van der Waals surface area contributed by atoms with Crippen LogP contribution in [0.5, 0.6) is 0 Å². The third-order valence-electron chi connectivity index (χ3n) is 2.50. The number of hydrogen-bond acceptors (Lipinski definition) is 5. The minimum Gasteiger partial charge on any atom is -0.351 e. The van der Waals surface area contributed by atoms with Crippen LogP contribution in [0, 0.1) is 0 Å². The van der Waals surface area contributed by atoms with Crippen molar-refractivity contribution in [1.29, 1.82) is 0 Å². The van der Waals surface area contributed by atoms with Gasteiger partial charge in [-0.1, -0.05) is 6.07 Å². The molecule has 100 valence electrons. The van der Waals surface area contributed by atoms with Crippen molar-refractivity contribution in [2.45, 2.75) is 19.4 Å². The highest BCUT2D eigenvalue weighted by atomic mass is 32.1. The van der Waals surface area contributed by atoms with E-state index >= 15 is 0 Å². The number of carbonyl (C=O) groups is 1. The van der Waals surface area contributed by atoms with Crippen molar-refractivity contribution >= 4 is 17.2 Å². The van der Waals surface area contributed by atoms with Crippen LogP contribution in [0.4, 0.5) is 0 Å². The highest BCUT2D eigenvalue weighted by Gasteiger charge is 2.11. The van der Waals surface area contributed by atoms with Crippen LogP contribution in [-0.2, 0) is 0 Å². The van der Waals surface area contributed by atoms with E-state index in [-0.39, 0.29) is 11.9 Å². The lowest BCUT2D eigenvalue weighted by Crippen LogP contribution is -2.28. The zero-order valence-corrected chi connectivity index (χ0v) is 11.5. The van der Waals surface area contributed by atoms with Gasteiger partial charge in [-0.05, 0) is 25.5 Å². The van der Waals surface area contributed by atoms with Crippen LogP contribution < -0.4 is 11.1 Å². The first kappa shape index (κ1) is 13.6. The SMILES string of the molecule is CC(N)CCNC(=O)c1cnc(-c2ccccn2)s1. The van der Waals surface area contributed by atoms with E-state index in [0.717, 1.165) is 17.1 Å². The summed E-state index contributed by atoms with van der Waals surface area (Å²) < 4.78 is 0.